The molecule has 2 unspecified atom stereocenters. The molecule has 0 radical (unpaired) electrons. The molecule has 0 aromatic heterocycles. The first kappa shape index (κ1) is 14.1. The summed E-state index contributed by atoms with van der Waals surface area (Å²) < 4.78 is 26.4. The van der Waals surface area contributed by atoms with Gasteiger partial charge in [0.1, 0.15) is 11.6 Å². The minimum absolute atomic E-state index is 0.144. The van der Waals surface area contributed by atoms with Crippen LogP contribution in [0.4, 0.5) is 8.78 Å². The lowest BCUT2D eigenvalue weighted by molar-refractivity contribution is 0.258. The van der Waals surface area contributed by atoms with Crippen molar-refractivity contribution in [2.24, 2.45) is 5.92 Å². The van der Waals surface area contributed by atoms with E-state index in [1.807, 2.05) is 6.92 Å². The average molecular weight is 243 g/mol. The lowest BCUT2D eigenvalue weighted by Crippen LogP contribution is -2.25. The fourth-order valence-electron chi connectivity index (χ4n) is 1.66. The Morgan fingerprint density at radius 3 is 2.65 bits per heavy atom. The molecule has 2 nitrogen and oxygen atoms in total. The standard InChI is InChI=1S/C13H19F2NO/c1-9(5-6-17)8-16-10(2)12-7-11(14)3-4-13(12)15/h3-4,7,9-10,16-17H,5-6,8H2,1-2H3. The quantitative estimate of drug-likeness (QED) is 0.805. The number of nitrogens with one attached hydrogen (secondary N) is 1. The van der Waals surface area contributed by atoms with Gasteiger partial charge in [0.25, 0.3) is 0 Å². The van der Waals surface area contributed by atoms with Crippen LogP contribution in [-0.2, 0) is 0 Å². The summed E-state index contributed by atoms with van der Waals surface area (Å²) in [7, 11) is 0. The summed E-state index contributed by atoms with van der Waals surface area (Å²) in [6, 6.07) is 3.22. The Kier molecular flexibility index (Phi) is 5.51. The van der Waals surface area contributed by atoms with Gasteiger partial charge < -0.3 is 10.4 Å². The molecule has 1 aromatic rings. The van der Waals surface area contributed by atoms with Crippen molar-refractivity contribution in [2.45, 2.75) is 26.3 Å². The van der Waals surface area contributed by atoms with Crippen molar-refractivity contribution in [1.82, 2.24) is 5.32 Å². The van der Waals surface area contributed by atoms with E-state index in [0.29, 0.717) is 24.4 Å². The molecule has 0 bridgehead atoms. The minimum atomic E-state index is -0.432. The Labute approximate surface area is 101 Å². The van der Waals surface area contributed by atoms with Crippen molar-refractivity contribution in [2.75, 3.05) is 13.2 Å². The summed E-state index contributed by atoms with van der Waals surface area (Å²) in [6.07, 6.45) is 0.700. The van der Waals surface area contributed by atoms with Crippen molar-refractivity contribution in [3.8, 4) is 0 Å². The summed E-state index contributed by atoms with van der Waals surface area (Å²) in [4.78, 5) is 0. The fraction of sp³-hybridized carbons (Fsp3) is 0.538. The van der Waals surface area contributed by atoms with Crippen LogP contribution in [0.5, 0.6) is 0 Å². The van der Waals surface area contributed by atoms with Crippen molar-refractivity contribution in [3.63, 3.8) is 0 Å². The zero-order valence-corrected chi connectivity index (χ0v) is 10.2. The predicted octanol–water partition coefficient (Wildman–Crippen LogP) is 2.63. The second kappa shape index (κ2) is 6.67. The van der Waals surface area contributed by atoms with Gasteiger partial charge in [-0.25, -0.2) is 8.78 Å². The zero-order chi connectivity index (χ0) is 12.8. The molecule has 0 aliphatic rings. The van der Waals surface area contributed by atoms with Gasteiger partial charge >= 0.3 is 0 Å². The smallest absolute Gasteiger partial charge is 0.128 e. The summed E-state index contributed by atoms with van der Waals surface area (Å²) in [6.45, 7) is 4.60. The monoisotopic (exact) mass is 243 g/mol. The molecule has 2 atom stereocenters. The highest BCUT2D eigenvalue weighted by molar-refractivity contribution is 5.21. The van der Waals surface area contributed by atoms with Crippen molar-refractivity contribution >= 4 is 0 Å². The first-order chi connectivity index (χ1) is 8.04. The van der Waals surface area contributed by atoms with Crippen LogP contribution >= 0.6 is 0 Å². The number of halogens is 2. The van der Waals surface area contributed by atoms with E-state index in [9.17, 15) is 8.78 Å². The molecule has 1 rings (SSSR count). The third-order valence-corrected chi connectivity index (χ3v) is 2.82. The predicted molar refractivity (Wildman–Crippen MR) is 63.6 cm³/mol. The van der Waals surface area contributed by atoms with E-state index in [1.165, 1.54) is 6.07 Å². The molecule has 0 saturated heterocycles. The Morgan fingerprint density at radius 1 is 1.29 bits per heavy atom. The zero-order valence-electron chi connectivity index (χ0n) is 10.2. The van der Waals surface area contributed by atoms with E-state index in [4.69, 9.17) is 5.11 Å². The van der Waals surface area contributed by atoms with Gasteiger partial charge in [0.05, 0.1) is 0 Å². The molecule has 1 aromatic carbocycles. The van der Waals surface area contributed by atoms with E-state index >= 15 is 0 Å². The summed E-state index contributed by atoms with van der Waals surface area (Å²) in [5.41, 5.74) is 0.334. The number of aliphatic hydroxyl groups excluding tert-OH is 1. The van der Waals surface area contributed by atoms with Crippen LogP contribution in [0.15, 0.2) is 18.2 Å². The summed E-state index contributed by atoms with van der Waals surface area (Å²) >= 11 is 0. The Hall–Kier alpha value is -1.00. The topological polar surface area (TPSA) is 32.3 Å². The molecular weight excluding hydrogens is 224 g/mol. The van der Waals surface area contributed by atoms with Gasteiger partial charge in [-0.15, -0.1) is 0 Å². The number of rotatable bonds is 6. The maximum absolute atomic E-state index is 13.4. The molecule has 0 saturated carbocycles. The van der Waals surface area contributed by atoms with Crippen molar-refractivity contribution in [3.05, 3.63) is 35.4 Å². The largest absolute Gasteiger partial charge is 0.396 e. The van der Waals surface area contributed by atoms with Gasteiger partial charge in [0.15, 0.2) is 0 Å². The van der Waals surface area contributed by atoms with E-state index in [1.54, 1.807) is 6.92 Å². The molecule has 0 aliphatic carbocycles. The highest BCUT2D eigenvalue weighted by Crippen LogP contribution is 2.18. The maximum Gasteiger partial charge on any atom is 0.128 e. The summed E-state index contributed by atoms with van der Waals surface area (Å²) in [5.74, 6) is -0.529. The van der Waals surface area contributed by atoms with E-state index in [0.717, 1.165) is 12.1 Å². The lowest BCUT2D eigenvalue weighted by atomic mass is 10.1. The van der Waals surface area contributed by atoms with E-state index < -0.39 is 11.6 Å². The Balaban J connectivity index is 2.57. The van der Waals surface area contributed by atoms with E-state index in [2.05, 4.69) is 5.32 Å². The van der Waals surface area contributed by atoms with Gasteiger partial charge in [-0.2, -0.15) is 0 Å². The average Bonchev–Trinajstić information content (AvgIpc) is 2.29. The first-order valence-corrected chi connectivity index (χ1v) is 5.83. The normalized spacial score (nSPS) is 14.6. The van der Waals surface area contributed by atoms with Crippen LogP contribution in [0.3, 0.4) is 0 Å². The molecule has 0 heterocycles. The summed E-state index contributed by atoms with van der Waals surface area (Å²) in [5, 5.41) is 11.9. The van der Waals surface area contributed by atoms with Crippen LogP contribution in [-0.4, -0.2) is 18.3 Å². The maximum atomic E-state index is 13.4. The second-order valence-electron chi connectivity index (χ2n) is 4.41. The molecule has 0 fully saturated rings. The molecule has 0 aliphatic heterocycles. The number of benzene rings is 1. The number of hydrogen-bond acceptors (Lipinski definition) is 2. The van der Waals surface area contributed by atoms with Gasteiger partial charge in [-0.1, -0.05) is 6.92 Å². The molecule has 0 amide bonds. The third kappa shape index (κ3) is 4.40. The fourth-order valence-corrected chi connectivity index (χ4v) is 1.66. The molecule has 17 heavy (non-hydrogen) atoms. The lowest BCUT2D eigenvalue weighted by Gasteiger charge is -2.18. The Bertz CT molecular complexity index is 357. The minimum Gasteiger partial charge on any atom is -0.396 e. The third-order valence-electron chi connectivity index (χ3n) is 2.82. The second-order valence-corrected chi connectivity index (χ2v) is 4.41. The molecular formula is C13H19F2NO. The highest BCUT2D eigenvalue weighted by Gasteiger charge is 2.12. The first-order valence-electron chi connectivity index (χ1n) is 5.83. The Morgan fingerprint density at radius 2 is 2.00 bits per heavy atom. The van der Waals surface area contributed by atoms with Gasteiger partial charge in [-0.05, 0) is 44.0 Å². The van der Waals surface area contributed by atoms with Crippen LogP contribution in [0.1, 0.15) is 31.9 Å². The SMILES string of the molecule is CC(CCO)CNC(C)c1cc(F)ccc1F. The van der Waals surface area contributed by atoms with Gasteiger partial charge in [-0.3, -0.25) is 0 Å². The van der Waals surface area contributed by atoms with Crippen LogP contribution in [0.25, 0.3) is 0 Å². The van der Waals surface area contributed by atoms with Crippen molar-refractivity contribution in [1.29, 1.82) is 0 Å². The van der Waals surface area contributed by atoms with Crippen LogP contribution in [0.2, 0.25) is 0 Å². The van der Waals surface area contributed by atoms with Crippen molar-refractivity contribution < 1.29 is 13.9 Å². The van der Waals surface area contributed by atoms with Gasteiger partial charge in [0.2, 0.25) is 0 Å². The molecule has 96 valence electrons. The highest BCUT2D eigenvalue weighted by atomic mass is 19.1. The number of aliphatic hydroxyl groups is 1. The van der Waals surface area contributed by atoms with Crippen LogP contribution in [0, 0.1) is 17.6 Å². The number of hydrogen-bond donors (Lipinski definition) is 2. The van der Waals surface area contributed by atoms with Gasteiger partial charge in [0, 0.05) is 18.2 Å². The van der Waals surface area contributed by atoms with E-state index in [-0.39, 0.29) is 12.6 Å². The molecule has 2 N–H and O–H groups in total. The molecule has 4 heteroatoms. The molecule has 0 spiro atoms. The van der Waals surface area contributed by atoms with Crippen LogP contribution < -0.4 is 5.32 Å².